The molecule has 1 amide bonds. The highest BCUT2D eigenvalue weighted by atomic mass is 32.1. The molecule has 1 saturated heterocycles. The van der Waals surface area contributed by atoms with Crippen molar-refractivity contribution in [2.24, 2.45) is 17.8 Å². The van der Waals surface area contributed by atoms with E-state index in [1.807, 2.05) is 44.2 Å². The first-order chi connectivity index (χ1) is 18.2. The smallest absolute Gasteiger partial charge is 0.307 e. The first-order valence-corrected chi connectivity index (χ1v) is 14.1. The molecule has 2 heterocycles. The van der Waals surface area contributed by atoms with Crippen LogP contribution < -0.4 is 9.64 Å². The zero-order valence-electron chi connectivity index (χ0n) is 22.4. The number of nitrogens with zero attached hydrogens (tertiary/aromatic N) is 3. The number of fused-ring (bicyclic) bond motifs is 2. The maximum atomic E-state index is 12.5. The third-order valence-electron chi connectivity index (χ3n) is 8.09. The first kappa shape index (κ1) is 26.2. The van der Waals surface area contributed by atoms with E-state index in [0.717, 1.165) is 64.8 Å². The van der Waals surface area contributed by atoms with Crippen LogP contribution in [-0.4, -0.2) is 53.5 Å². The molecule has 0 radical (unpaired) electrons. The molecule has 2 unspecified atom stereocenters. The molecule has 3 aromatic rings. The number of carboxylic acids is 1. The summed E-state index contributed by atoms with van der Waals surface area (Å²) in [5.41, 5.74) is 5.68. The summed E-state index contributed by atoms with van der Waals surface area (Å²) >= 11 is 1.61. The van der Waals surface area contributed by atoms with Crippen LogP contribution in [0, 0.1) is 31.6 Å². The molecule has 1 aliphatic heterocycles. The number of carboxylic acid groups (broad SMARTS) is 1. The van der Waals surface area contributed by atoms with Gasteiger partial charge in [-0.25, -0.2) is 4.98 Å². The number of aromatic nitrogens is 1. The van der Waals surface area contributed by atoms with Gasteiger partial charge in [-0.3, -0.25) is 9.59 Å². The molecule has 0 spiro atoms. The number of anilines is 1. The number of carbonyl (C=O) groups is 2. The Morgan fingerprint density at radius 2 is 1.87 bits per heavy atom. The summed E-state index contributed by atoms with van der Waals surface area (Å²) in [4.78, 5) is 33.2. The number of aryl methyl sites for hydroxylation is 2. The number of benzene rings is 2. The molecule has 200 valence electrons. The second kappa shape index (κ2) is 10.8. The third-order valence-corrected chi connectivity index (χ3v) is 8.99. The van der Waals surface area contributed by atoms with Gasteiger partial charge < -0.3 is 19.6 Å². The molecule has 1 aliphatic carbocycles. The summed E-state index contributed by atoms with van der Waals surface area (Å²) < 4.78 is 6.31. The highest BCUT2D eigenvalue weighted by molar-refractivity contribution is 7.14. The predicted octanol–water partition coefficient (Wildman–Crippen LogP) is 5.64. The van der Waals surface area contributed by atoms with Crippen LogP contribution in [0.15, 0.2) is 41.8 Å². The molecule has 2 bridgehead atoms. The fourth-order valence-corrected chi connectivity index (χ4v) is 6.64. The van der Waals surface area contributed by atoms with Gasteiger partial charge in [-0.2, -0.15) is 0 Å². The molecule has 2 atom stereocenters. The molecule has 2 fully saturated rings. The molecule has 1 aromatic heterocycles. The van der Waals surface area contributed by atoms with Crippen molar-refractivity contribution in [2.45, 2.75) is 40.2 Å². The lowest BCUT2D eigenvalue weighted by molar-refractivity contribution is -0.144. The number of piperidine rings is 1. The summed E-state index contributed by atoms with van der Waals surface area (Å²) in [5, 5.41) is 12.7. The average molecular weight is 534 g/mol. The second-order valence-corrected chi connectivity index (χ2v) is 11.5. The van der Waals surface area contributed by atoms with Gasteiger partial charge in [0.1, 0.15) is 12.4 Å². The second-order valence-electron chi connectivity index (χ2n) is 10.6. The van der Waals surface area contributed by atoms with E-state index in [9.17, 15) is 14.7 Å². The van der Waals surface area contributed by atoms with Crippen LogP contribution in [0.25, 0.3) is 11.3 Å². The van der Waals surface area contributed by atoms with Crippen LogP contribution >= 0.6 is 11.3 Å². The SMILES string of the molecule is CCN(C)C(=O)c1ccc(COc2ccc(C)cc2-c2csc(N3CC4CCC(C3)C4C(=O)O)n2)c(C)c1. The summed E-state index contributed by atoms with van der Waals surface area (Å²) in [6.45, 7) is 8.59. The lowest BCUT2D eigenvalue weighted by Gasteiger charge is -2.35. The molecular formula is C30H35N3O4S. The van der Waals surface area contributed by atoms with Crippen LogP contribution in [0.5, 0.6) is 5.75 Å². The molecule has 38 heavy (non-hydrogen) atoms. The standard InChI is InChI=1S/C30H35N3O4S/c1-5-32(4)28(34)20-7-10-23(19(3)13-20)16-37-26-11-6-18(2)12-24(26)25-17-38-30(31-25)33-14-21-8-9-22(15-33)27(21)29(35)36/h6-7,10-13,17,21-22,27H,5,8-9,14-16H2,1-4H3,(H,35,36). The number of hydrogen-bond acceptors (Lipinski definition) is 6. The summed E-state index contributed by atoms with van der Waals surface area (Å²) in [5.74, 6) is 0.312. The molecule has 1 saturated carbocycles. The molecule has 2 aromatic carbocycles. The minimum absolute atomic E-state index is 0.0171. The van der Waals surface area contributed by atoms with E-state index in [-0.39, 0.29) is 23.7 Å². The first-order valence-electron chi connectivity index (χ1n) is 13.3. The minimum atomic E-state index is -0.650. The van der Waals surface area contributed by atoms with E-state index in [1.54, 1.807) is 23.3 Å². The quantitative estimate of drug-likeness (QED) is 0.403. The van der Waals surface area contributed by atoms with Gasteiger partial charge in [0.05, 0.1) is 11.6 Å². The summed E-state index contributed by atoms with van der Waals surface area (Å²) in [7, 11) is 1.81. The van der Waals surface area contributed by atoms with Gasteiger partial charge >= 0.3 is 5.97 Å². The monoisotopic (exact) mass is 533 g/mol. The normalized spacial score (nSPS) is 20.4. The Morgan fingerprint density at radius 3 is 2.53 bits per heavy atom. The van der Waals surface area contributed by atoms with E-state index in [4.69, 9.17) is 9.72 Å². The van der Waals surface area contributed by atoms with Gasteiger partial charge in [0.15, 0.2) is 5.13 Å². The molecule has 5 rings (SSSR count). The van der Waals surface area contributed by atoms with Crippen LogP contribution in [0.4, 0.5) is 5.13 Å². The lowest BCUT2D eigenvalue weighted by atomic mass is 9.85. The number of rotatable bonds is 8. The van der Waals surface area contributed by atoms with Gasteiger partial charge in [-0.1, -0.05) is 17.7 Å². The Balaban J connectivity index is 1.32. The third kappa shape index (κ3) is 5.14. The van der Waals surface area contributed by atoms with Crippen LogP contribution in [0.3, 0.4) is 0 Å². The number of amides is 1. The Bertz CT molecular complexity index is 1340. The fraction of sp³-hybridized carbons (Fsp3) is 0.433. The largest absolute Gasteiger partial charge is 0.488 e. The van der Waals surface area contributed by atoms with E-state index in [1.165, 1.54) is 0 Å². The molecule has 2 aliphatic rings. The van der Waals surface area contributed by atoms with Gasteiger partial charge in [0.2, 0.25) is 0 Å². The maximum Gasteiger partial charge on any atom is 0.307 e. The van der Waals surface area contributed by atoms with E-state index >= 15 is 0 Å². The van der Waals surface area contributed by atoms with Gasteiger partial charge in [-0.15, -0.1) is 11.3 Å². The number of thiazole rings is 1. The Labute approximate surface area is 228 Å². The van der Waals surface area contributed by atoms with E-state index < -0.39 is 5.97 Å². The van der Waals surface area contributed by atoms with Crippen molar-refractivity contribution >= 4 is 28.3 Å². The molecule has 7 nitrogen and oxygen atoms in total. The van der Waals surface area contributed by atoms with Gasteiger partial charge in [-0.05, 0) is 80.8 Å². The summed E-state index contributed by atoms with van der Waals surface area (Å²) in [6, 6.07) is 11.9. The van der Waals surface area contributed by atoms with E-state index in [0.29, 0.717) is 18.7 Å². The van der Waals surface area contributed by atoms with Crippen LogP contribution in [0.1, 0.15) is 46.8 Å². The topological polar surface area (TPSA) is 83.0 Å². The Morgan fingerprint density at radius 1 is 1.13 bits per heavy atom. The minimum Gasteiger partial charge on any atom is -0.488 e. The summed E-state index contributed by atoms with van der Waals surface area (Å²) in [6.07, 6.45) is 1.96. The Hall–Kier alpha value is -3.39. The fourth-order valence-electron chi connectivity index (χ4n) is 5.80. The highest BCUT2D eigenvalue weighted by Gasteiger charge is 2.46. The van der Waals surface area contributed by atoms with Crippen molar-refractivity contribution in [3.63, 3.8) is 0 Å². The molecular weight excluding hydrogens is 498 g/mol. The number of hydrogen-bond donors (Lipinski definition) is 1. The number of aliphatic carboxylic acids is 1. The van der Waals surface area contributed by atoms with Gasteiger partial charge in [0.25, 0.3) is 5.91 Å². The average Bonchev–Trinajstić information content (AvgIpc) is 3.50. The van der Waals surface area contributed by atoms with Crippen LogP contribution in [-0.2, 0) is 11.4 Å². The van der Waals surface area contributed by atoms with Gasteiger partial charge in [0, 0.05) is 43.2 Å². The maximum absolute atomic E-state index is 12.5. The lowest BCUT2D eigenvalue weighted by Crippen LogP contribution is -2.44. The number of carbonyl (C=O) groups excluding carboxylic acids is 1. The van der Waals surface area contributed by atoms with Crippen molar-refractivity contribution < 1.29 is 19.4 Å². The van der Waals surface area contributed by atoms with Crippen molar-refractivity contribution in [3.05, 3.63) is 64.0 Å². The molecule has 8 heteroatoms. The zero-order chi connectivity index (χ0) is 27.0. The van der Waals surface area contributed by atoms with Crippen molar-refractivity contribution in [1.29, 1.82) is 0 Å². The molecule has 1 N–H and O–H groups in total. The van der Waals surface area contributed by atoms with Crippen molar-refractivity contribution in [3.8, 4) is 17.0 Å². The predicted molar refractivity (Wildman–Crippen MR) is 150 cm³/mol. The zero-order valence-corrected chi connectivity index (χ0v) is 23.3. The Kier molecular flexibility index (Phi) is 7.43. The van der Waals surface area contributed by atoms with E-state index in [2.05, 4.69) is 23.3 Å². The van der Waals surface area contributed by atoms with Crippen molar-refractivity contribution in [1.82, 2.24) is 9.88 Å². The van der Waals surface area contributed by atoms with Crippen molar-refractivity contribution in [2.75, 3.05) is 31.6 Å². The van der Waals surface area contributed by atoms with Crippen LogP contribution in [0.2, 0.25) is 0 Å². The highest BCUT2D eigenvalue weighted by Crippen LogP contribution is 2.44. The number of ether oxygens (including phenoxy) is 1.